The number of halogens is 4. The number of alkyl halides is 3. The summed E-state index contributed by atoms with van der Waals surface area (Å²) in [5, 5.41) is 0.0307. The Morgan fingerprint density at radius 1 is 1.08 bits per heavy atom. The van der Waals surface area contributed by atoms with Gasteiger partial charge in [-0.05, 0) is 48.9 Å². The number of sulfonamides is 1. The highest BCUT2D eigenvalue weighted by Gasteiger charge is 2.33. The van der Waals surface area contributed by atoms with Gasteiger partial charge in [0.2, 0.25) is 0 Å². The summed E-state index contributed by atoms with van der Waals surface area (Å²) < 4.78 is 80.2. The van der Waals surface area contributed by atoms with Crippen LogP contribution in [0.25, 0.3) is 10.9 Å². The van der Waals surface area contributed by atoms with Gasteiger partial charge in [0, 0.05) is 17.3 Å². The Labute approximate surface area is 146 Å². The Bertz CT molecular complexity index is 1100. The summed E-state index contributed by atoms with van der Waals surface area (Å²) in [5.41, 5.74) is -1.36. The minimum Gasteiger partial charge on any atom is -0.280 e. The minimum atomic E-state index is -4.61. The van der Waals surface area contributed by atoms with Crippen LogP contribution in [-0.4, -0.2) is 13.4 Å². The smallest absolute Gasteiger partial charge is 0.280 e. The maximum atomic E-state index is 13.8. The van der Waals surface area contributed by atoms with Crippen LogP contribution in [0.3, 0.4) is 0 Å². The number of pyridine rings is 1. The molecule has 4 nitrogen and oxygen atoms in total. The zero-order valence-electron chi connectivity index (χ0n) is 13.3. The molecule has 0 amide bonds. The highest BCUT2D eigenvalue weighted by atomic mass is 32.2. The minimum absolute atomic E-state index is 0.0307. The van der Waals surface area contributed by atoms with E-state index >= 15 is 0 Å². The molecule has 0 spiro atoms. The molecule has 0 atom stereocenters. The fourth-order valence-electron chi connectivity index (χ4n) is 2.55. The highest BCUT2D eigenvalue weighted by Crippen LogP contribution is 2.34. The van der Waals surface area contributed by atoms with Crippen molar-refractivity contribution in [3.05, 3.63) is 65.6 Å². The first kappa shape index (κ1) is 18.1. The third-order valence-corrected chi connectivity index (χ3v) is 5.20. The number of hydrogen-bond acceptors (Lipinski definition) is 3. The maximum absolute atomic E-state index is 13.8. The van der Waals surface area contributed by atoms with Crippen LogP contribution in [0, 0.1) is 12.7 Å². The van der Waals surface area contributed by atoms with Gasteiger partial charge in [-0.1, -0.05) is 6.07 Å². The maximum Gasteiger partial charge on any atom is 0.416 e. The van der Waals surface area contributed by atoms with E-state index < -0.39 is 27.6 Å². The second kappa shape index (κ2) is 6.24. The summed E-state index contributed by atoms with van der Waals surface area (Å²) in [7, 11) is -4.26. The number of nitrogens with zero attached hydrogens (tertiary/aromatic N) is 1. The van der Waals surface area contributed by atoms with Crippen LogP contribution >= 0.6 is 0 Å². The molecular formula is C17H12F4N2O2S. The molecule has 2 aromatic carbocycles. The van der Waals surface area contributed by atoms with Crippen molar-refractivity contribution >= 4 is 26.6 Å². The topological polar surface area (TPSA) is 59.1 Å². The fraction of sp³-hybridized carbons (Fsp3) is 0.118. The summed E-state index contributed by atoms with van der Waals surface area (Å²) >= 11 is 0. The van der Waals surface area contributed by atoms with Gasteiger partial charge in [0.05, 0.1) is 10.5 Å². The monoisotopic (exact) mass is 384 g/mol. The van der Waals surface area contributed by atoms with Gasteiger partial charge in [0.15, 0.2) is 0 Å². The molecule has 0 bridgehead atoms. The Kier molecular flexibility index (Phi) is 4.35. The summed E-state index contributed by atoms with van der Waals surface area (Å²) in [4.78, 5) is 3.52. The van der Waals surface area contributed by atoms with E-state index in [2.05, 4.69) is 9.71 Å². The van der Waals surface area contributed by atoms with Gasteiger partial charge < -0.3 is 0 Å². The molecule has 26 heavy (non-hydrogen) atoms. The van der Waals surface area contributed by atoms with Crippen molar-refractivity contribution in [3.63, 3.8) is 0 Å². The van der Waals surface area contributed by atoms with Crippen LogP contribution < -0.4 is 4.72 Å². The molecule has 0 unspecified atom stereocenters. The molecular weight excluding hydrogens is 372 g/mol. The molecule has 1 heterocycles. The van der Waals surface area contributed by atoms with Crippen LogP contribution in [-0.2, 0) is 16.2 Å². The van der Waals surface area contributed by atoms with E-state index in [0.29, 0.717) is 0 Å². The lowest BCUT2D eigenvalue weighted by atomic mass is 10.1. The SMILES string of the molecule is Cc1ccc(NS(=O)(=O)c2ccc(F)c3ncccc23)cc1C(F)(F)F. The lowest BCUT2D eigenvalue weighted by Gasteiger charge is -2.14. The largest absolute Gasteiger partial charge is 0.416 e. The Morgan fingerprint density at radius 3 is 2.50 bits per heavy atom. The summed E-state index contributed by atoms with van der Waals surface area (Å²) in [6, 6.07) is 7.92. The van der Waals surface area contributed by atoms with Gasteiger partial charge in [0.1, 0.15) is 11.3 Å². The summed E-state index contributed by atoms with van der Waals surface area (Å²) in [6.07, 6.45) is -3.30. The van der Waals surface area contributed by atoms with Crippen LogP contribution in [0.1, 0.15) is 11.1 Å². The lowest BCUT2D eigenvalue weighted by molar-refractivity contribution is -0.138. The van der Waals surface area contributed by atoms with E-state index in [1.54, 1.807) is 0 Å². The lowest BCUT2D eigenvalue weighted by Crippen LogP contribution is -2.15. The van der Waals surface area contributed by atoms with Crippen molar-refractivity contribution in [2.24, 2.45) is 0 Å². The molecule has 0 radical (unpaired) electrons. The molecule has 9 heteroatoms. The first-order valence-electron chi connectivity index (χ1n) is 7.33. The summed E-state index contributed by atoms with van der Waals surface area (Å²) in [5.74, 6) is -0.700. The Morgan fingerprint density at radius 2 is 1.81 bits per heavy atom. The van der Waals surface area contributed by atoms with Crippen molar-refractivity contribution in [1.82, 2.24) is 4.98 Å². The summed E-state index contributed by atoms with van der Waals surface area (Å²) in [6.45, 7) is 1.28. The van der Waals surface area contributed by atoms with E-state index in [0.717, 1.165) is 18.2 Å². The van der Waals surface area contributed by atoms with Crippen molar-refractivity contribution in [2.45, 2.75) is 18.0 Å². The number of aromatic nitrogens is 1. The number of benzene rings is 2. The predicted molar refractivity (Wildman–Crippen MR) is 88.7 cm³/mol. The average molecular weight is 384 g/mol. The van der Waals surface area contributed by atoms with E-state index in [4.69, 9.17) is 0 Å². The average Bonchev–Trinajstić information content (AvgIpc) is 2.56. The van der Waals surface area contributed by atoms with Crippen LogP contribution in [0.2, 0.25) is 0 Å². The van der Waals surface area contributed by atoms with E-state index in [1.165, 1.54) is 37.4 Å². The Hall–Kier alpha value is -2.68. The first-order valence-corrected chi connectivity index (χ1v) is 8.82. The second-order valence-corrected chi connectivity index (χ2v) is 7.23. The van der Waals surface area contributed by atoms with Gasteiger partial charge in [0.25, 0.3) is 10.0 Å². The Balaban J connectivity index is 2.08. The fourth-order valence-corrected chi connectivity index (χ4v) is 3.80. The molecule has 0 saturated carbocycles. The second-order valence-electron chi connectivity index (χ2n) is 5.58. The molecule has 136 valence electrons. The zero-order chi connectivity index (χ0) is 19.1. The third-order valence-electron chi connectivity index (χ3n) is 3.77. The van der Waals surface area contributed by atoms with Gasteiger partial charge in [-0.3, -0.25) is 9.71 Å². The van der Waals surface area contributed by atoms with Crippen LogP contribution in [0.5, 0.6) is 0 Å². The third kappa shape index (κ3) is 3.34. The number of fused-ring (bicyclic) bond motifs is 1. The van der Waals surface area contributed by atoms with Gasteiger partial charge in [-0.2, -0.15) is 13.2 Å². The van der Waals surface area contributed by atoms with Crippen molar-refractivity contribution < 1.29 is 26.0 Å². The van der Waals surface area contributed by atoms with Gasteiger partial charge >= 0.3 is 6.18 Å². The number of anilines is 1. The number of rotatable bonds is 3. The molecule has 3 aromatic rings. The zero-order valence-corrected chi connectivity index (χ0v) is 14.1. The molecule has 1 N–H and O–H groups in total. The highest BCUT2D eigenvalue weighted by molar-refractivity contribution is 7.93. The van der Waals surface area contributed by atoms with E-state index in [1.807, 2.05) is 0 Å². The number of aryl methyl sites for hydroxylation is 1. The molecule has 0 aliphatic carbocycles. The van der Waals surface area contributed by atoms with Gasteiger partial charge in [-0.15, -0.1) is 0 Å². The molecule has 0 aliphatic rings. The molecule has 0 aliphatic heterocycles. The molecule has 0 saturated heterocycles. The van der Waals surface area contributed by atoms with Crippen LogP contribution in [0.4, 0.5) is 23.2 Å². The van der Waals surface area contributed by atoms with E-state index in [-0.39, 0.29) is 27.0 Å². The van der Waals surface area contributed by atoms with Crippen LogP contribution in [0.15, 0.2) is 53.6 Å². The molecule has 3 rings (SSSR count). The normalized spacial score (nSPS) is 12.3. The van der Waals surface area contributed by atoms with Crippen molar-refractivity contribution in [3.8, 4) is 0 Å². The van der Waals surface area contributed by atoms with Crippen molar-refractivity contribution in [1.29, 1.82) is 0 Å². The number of hydrogen-bond donors (Lipinski definition) is 1. The molecule has 1 aromatic heterocycles. The standard InChI is InChI=1S/C17H12F4N2O2S/c1-10-4-5-11(9-13(10)17(19,20)21)23-26(24,25)15-7-6-14(18)16-12(15)3-2-8-22-16/h2-9,23H,1H3. The van der Waals surface area contributed by atoms with E-state index in [9.17, 15) is 26.0 Å². The van der Waals surface area contributed by atoms with Gasteiger partial charge in [-0.25, -0.2) is 12.8 Å². The van der Waals surface area contributed by atoms with Crippen molar-refractivity contribution in [2.75, 3.05) is 4.72 Å². The first-order chi connectivity index (χ1) is 12.1. The molecule has 0 fully saturated rings. The quantitative estimate of drug-likeness (QED) is 0.677. The predicted octanol–water partition coefficient (Wildman–Crippen LogP) is 4.50. The number of nitrogens with one attached hydrogen (secondary N) is 1.